The van der Waals surface area contributed by atoms with Crippen molar-refractivity contribution >= 4 is 5.91 Å². The standard InChI is InChI=1S/C18H26N2O/c1-2-9-19-17(11-13-5-6-13)15-8-7-14-4-3-10-20-18(21)16(14)12-15/h7-8,12-13,17,19H,2-6,9-11H2,1H3,(H,20,21). The van der Waals surface area contributed by atoms with Gasteiger partial charge in [-0.25, -0.2) is 0 Å². The number of carbonyl (C=O) groups excluding carboxylic acids is 1. The third kappa shape index (κ3) is 3.65. The van der Waals surface area contributed by atoms with Crippen molar-refractivity contribution in [3.63, 3.8) is 0 Å². The Morgan fingerprint density at radius 1 is 1.38 bits per heavy atom. The second kappa shape index (κ2) is 6.61. The minimum absolute atomic E-state index is 0.102. The summed E-state index contributed by atoms with van der Waals surface area (Å²) in [7, 11) is 0. The van der Waals surface area contributed by atoms with Crippen LogP contribution in [-0.4, -0.2) is 19.0 Å². The van der Waals surface area contributed by atoms with E-state index >= 15 is 0 Å². The van der Waals surface area contributed by atoms with Crippen LogP contribution in [0.4, 0.5) is 0 Å². The molecule has 1 saturated carbocycles. The van der Waals surface area contributed by atoms with Crippen molar-refractivity contribution in [2.75, 3.05) is 13.1 Å². The summed E-state index contributed by atoms with van der Waals surface area (Å²) in [6.45, 7) is 4.04. The van der Waals surface area contributed by atoms with Crippen molar-refractivity contribution in [2.45, 2.75) is 51.5 Å². The van der Waals surface area contributed by atoms with Crippen molar-refractivity contribution in [1.29, 1.82) is 0 Å². The smallest absolute Gasteiger partial charge is 0.251 e. The minimum Gasteiger partial charge on any atom is -0.352 e. The molecule has 114 valence electrons. The van der Waals surface area contributed by atoms with Crippen LogP contribution in [0.1, 0.15) is 66.6 Å². The number of hydrogen-bond donors (Lipinski definition) is 2. The average molecular weight is 286 g/mol. The molecule has 3 rings (SSSR count). The number of nitrogens with one attached hydrogen (secondary N) is 2. The average Bonchev–Trinajstić information content (AvgIpc) is 3.32. The lowest BCUT2D eigenvalue weighted by Gasteiger charge is -2.20. The fourth-order valence-electron chi connectivity index (χ4n) is 3.16. The van der Waals surface area contributed by atoms with Crippen LogP contribution in [0.25, 0.3) is 0 Å². The van der Waals surface area contributed by atoms with E-state index in [2.05, 4.69) is 35.8 Å². The van der Waals surface area contributed by atoms with Crippen LogP contribution in [-0.2, 0) is 6.42 Å². The molecule has 3 heteroatoms. The van der Waals surface area contributed by atoms with E-state index in [1.807, 2.05) is 0 Å². The van der Waals surface area contributed by atoms with Crippen LogP contribution in [0.5, 0.6) is 0 Å². The molecule has 1 aliphatic carbocycles. The Labute approximate surface area is 127 Å². The molecule has 21 heavy (non-hydrogen) atoms. The van der Waals surface area contributed by atoms with E-state index in [0.717, 1.165) is 43.8 Å². The lowest BCUT2D eigenvalue weighted by atomic mass is 9.95. The topological polar surface area (TPSA) is 41.1 Å². The van der Waals surface area contributed by atoms with Gasteiger partial charge in [-0.3, -0.25) is 4.79 Å². The first kappa shape index (κ1) is 14.6. The SMILES string of the molecule is CCCNC(CC1CC1)c1ccc2c(c1)C(=O)NCCC2. The fraction of sp³-hybridized carbons (Fsp3) is 0.611. The Morgan fingerprint density at radius 3 is 3.00 bits per heavy atom. The van der Waals surface area contributed by atoms with Crippen LogP contribution in [0, 0.1) is 5.92 Å². The highest BCUT2D eigenvalue weighted by atomic mass is 16.1. The molecule has 0 bridgehead atoms. The van der Waals surface area contributed by atoms with Crippen LogP contribution in [0.15, 0.2) is 18.2 Å². The molecule has 1 amide bonds. The van der Waals surface area contributed by atoms with E-state index in [0.29, 0.717) is 6.04 Å². The molecule has 2 N–H and O–H groups in total. The number of amides is 1. The summed E-state index contributed by atoms with van der Waals surface area (Å²) < 4.78 is 0. The molecule has 1 heterocycles. The first-order chi connectivity index (χ1) is 10.3. The molecule has 1 fully saturated rings. The van der Waals surface area contributed by atoms with Crippen LogP contribution >= 0.6 is 0 Å². The Balaban J connectivity index is 1.83. The quantitative estimate of drug-likeness (QED) is 0.843. The Hall–Kier alpha value is -1.35. The van der Waals surface area contributed by atoms with Crippen molar-refractivity contribution < 1.29 is 4.79 Å². The van der Waals surface area contributed by atoms with Crippen LogP contribution < -0.4 is 10.6 Å². The first-order valence-electron chi connectivity index (χ1n) is 8.42. The van der Waals surface area contributed by atoms with E-state index in [4.69, 9.17) is 0 Å². The molecular weight excluding hydrogens is 260 g/mol. The highest BCUT2D eigenvalue weighted by Gasteiger charge is 2.27. The Morgan fingerprint density at radius 2 is 2.24 bits per heavy atom. The molecule has 2 aliphatic rings. The van der Waals surface area contributed by atoms with Gasteiger partial charge in [0.1, 0.15) is 0 Å². The van der Waals surface area contributed by atoms with Gasteiger partial charge in [-0.2, -0.15) is 0 Å². The number of aryl methyl sites for hydroxylation is 1. The first-order valence-corrected chi connectivity index (χ1v) is 8.42. The number of fused-ring (bicyclic) bond motifs is 1. The van der Waals surface area contributed by atoms with Gasteiger partial charge >= 0.3 is 0 Å². The van der Waals surface area contributed by atoms with Crippen molar-refractivity contribution in [1.82, 2.24) is 10.6 Å². The summed E-state index contributed by atoms with van der Waals surface area (Å²) in [6, 6.07) is 6.93. The van der Waals surface area contributed by atoms with Crippen molar-refractivity contribution in [3.05, 3.63) is 34.9 Å². The molecule has 1 atom stereocenters. The maximum absolute atomic E-state index is 12.2. The molecule has 1 aromatic carbocycles. The van der Waals surface area contributed by atoms with Gasteiger partial charge in [0.15, 0.2) is 0 Å². The van der Waals surface area contributed by atoms with Crippen LogP contribution in [0.3, 0.4) is 0 Å². The predicted molar refractivity (Wildman–Crippen MR) is 85.5 cm³/mol. The van der Waals surface area contributed by atoms with E-state index < -0.39 is 0 Å². The highest BCUT2D eigenvalue weighted by molar-refractivity contribution is 5.96. The summed E-state index contributed by atoms with van der Waals surface area (Å²) in [5.41, 5.74) is 3.38. The molecule has 0 saturated heterocycles. The van der Waals surface area contributed by atoms with E-state index in [9.17, 15) is 4.79 Å². The zero-order valence-electron chi connectivity index (χ0n) is 13.0. The molecule has 0 radical (unpaired) electrons. The molecule has 1 aliphatic heterocycles. The summed E-state index contributed by atoms with van der Waals surface area (Å²) in [4.78, 5) is 12.2. The van der Waals surface area contributed by atoms with Crippen LogP contribution in [0.2, 0.25) is 0 Å². The number of benzene rings is 1. The molecule has 1 aromatic rings. The summed E-state index contributed by atoms with van der Waals surface area (Å²) in [5, 5.41) is 6.67. The van der Waals surface area contributed by atoms with Gasteiger partial charge in [0.25, 0.3) is 5.91 Å². The molecular formula is C18H26N2O. The zero-order valence-corrected chi connectivity index (χ0v) is 13.0. The Kier molecular flexibility index (Phi) is 4.59. The summed E-state index contributed by atoms with van der Waals surface area (Å²) in [6.07, 6.45) is 7.14. The third-order valence-corrected chi connectivity index (χ3v) is 4.60. The van der Waals surface area contributed by atoms with Crippen molar-refractivity contribution in [2.24, 2.45) is 5.92 Å². The highest BCUT2D eigenvalue weighted by Crippen LogP contribution is 2.38. The van der Waals surface area contributed by atoms with E-state index in [1.165, 1.54) is 30.4 Å². The second-order valence-corrected chi connectivity index (χ2v) is 6.46. The zero-order chi connectivity index (χ0) is 14.7. The lowest BCUT2D eigenvalue weighted by molar-refractivity contribution is 0.0956. The lowest BCUT2D eigenvalue weighted by Crippen LogP contribution is -2.25. The van der Waals surface area contributed by atoms with Gasteiger partial charge < -0.3 is 10.6 Å². The predicted octanol–water partition coefficient (Wildman–Crippen LogP) is 3.20. The molecule has 3 nitrogen and oxygen atoms in total. The van der Waals surface area contributed by atoms with Gasteiger partial charge in [0, 0.05) is 18.2 Å². The molecule has 0 aromatic heterocycles. The van der Waals surface area contributed by atoms with Gasteiger partial charge in [-0.05, 0) is 55.3 Å². The number of hydrogen-bond acceptors (Lipinski definition) is 2. The normalized spacial score (nSPS) is 19.6. The van der Waals surface area contributed by atoms with Gasteiger partial charge in [-0.1, -0.05) is 31.9 Å². The number of rotatable bonds is 6. The molecule has 1 unspecified atom stereocenters. The summed E-state index contributed by atoms with van der Waals surface area (Å²) >= 11 is 0. The largest absolute Gasteiger partial charge is 0.352 e. The van der Waals surface area contributed by atoms with E-state index in [1.54, 1.807) is 0 Å². The molecule has 0 spiro atoms. The third-order valence-electron chi connectivity index (χ3n) is 4.60. The monoisotopic (exact) mass is 286 g/mol. The Bertz CT molecular complexity index is 508. The minimum atomic E-state index is 0.102. The van der Waals surface area contributed by atoms with Gasteiger partial charge in [0.05, 0.1) is 0 Å². The van der Waals surface area contributed by atoms with Gasteiger partial charge in [0.2, 0.25) is 0 Å². The number of carbonyl (C=O) groups is 1. The maximum Gasteiger partial charge on any atom is 0.251 e. The van der Waals surface area contributed by atoms with E-state index in [-0.39, 0.29) is 5.91 Å². The second-order valence-electron chi connectivity index (χ2n) is 6.46. The summed E-state index contributed by atoms with van der Waals surface area (Å²) in [5.74, 6) is 0.983. The maximum atomic E-state index is 12.2. The van der Waals surface area contributed by atoms with Gasteiger partial charge in [-0.15, -0.1) is 0 Å². The van der Waals surface area contributed by atoms with Crippen molar-refractivity contribution in [3.8, 4) is 0 Å². The fourth-order valence-corrected chi connectivity index (χ4v) is 3.16.